The second-order valence-corrected chi connectivity index (χ2v) is 2.81. The predicted octanol–water partition coefficient (Wildman–Crippen LogP) is 2.15. The molecular formula is C9H13N3. The van der Waals surface area contributed by atoms with Gasteiger partial charge in [0.25, 0.3) is 0 Å². The van der Waals surface area contributed by atoms with Crippen molar-refractivity contribution in [3.8, 4) is 0 Å². The van der Waals surface area contributed by atoms with Crippen LogP contribution in [-0.4, -0.2) is 14.8 Å². The van der Waals surface area contributed by atoms with Crippen LogP contribution in [0, 0.1) is 0 Å². The summed E-state index contributed by atoms with van der Waals surface area (Å²) in [5, 5.41) is 4.22. The molecule has 0 aliphatic carbocycles. The molecule has 0 amide bonds. The smallest absolute Gasteiger partial charge is 0.154 e. The summed E-state index contributed by atoms with van der Waals surface area (Å²) in [6.45, 7) is 11.4. The van der Waals surface area contributed by atoms with E-state index < -0.39 is 0 Å². The molecule has 1 aromatic heterocycles. The zero-order valence-corrected chi connectivity index (χ0v) is 7.49. The van der Waals surface area contributed by atoms with Crippen molar-refractivity contribution in [3.05, 3.63) is 24.8 Å². The molecule has 0 saturated heterocycles. The van der Waals surface area contributed by atoms with E-state index in [2.05, 4.69) is 37.1 Å². The van der Waals surface area contributed by atoms with Crippen molar-refractivity contribution in [2.75, 3.05) is 0 Å². The number of aromatic nitrogens is 3. The molecule has 0 fully saturated rings. The Labute approximate surface area is 72.4 Å². The SMILES string of the molecule is C=Cc1nc(C(C)C)nn1C=C. The third-order valence-corrected chi connectivity index (χ3v) is 1.55. The molecular weight excluding hydrogens is 150 g/mol. The van der Waals surface area contributed by atoms with Crippen LogP contribution in [0.4, 0.5) is 0 Å². The minimum absolute atomic E-state index is 0.338. The number of nitrogens with zero attached hydrogens (tertiary/aromatic N) is 3. The summed E-state index contributed by atoms with van der Waals surface area (Å²) in [6, 6.07) is 0. The zero-order valence-electron chi connectivity index (χ0n) is 7.49. The fourth-order valence-electron chi connectivity index (χ4n) is 0.871. The van der Waals surface area contributed by atoms with Gasteiger partial charge >= 0.3 is 0 Å². The lowest BCUT2D eigenvalue weighted by Gasteiger charge is -1.93. The Hall–Kier alpha value is -1.38. The van der Waals surface area contributed by atoms with Crippen LogP contribution in [0.25, 0.3) is 12.3 Å². The van der Waals surface area contributed by atoms with E-state index in [0.29, 0.717) is 5.92 Å². The summed E-state index contributed by atoms with van der Waals surface area (Å²) < 4.78 is 1.63. The van der Waals surface area contributed by atoms with Crippen molar-refractivity contribution in [3.63, 3.8) is 0 Å². The average Bonchev–Trinajstić information content (AvgIpc) is 2.46. The Morgan fingerprint density at radius 3 is 2.42 bits per heavy atom. The normalized spacial score (nSPS) is 10.2. The van der Waals surface area contributed by atoms with Gasteiger partial charge in [-0.25, -0.2) is 9.67 Å². The molecule has 0 aliphatic heterocycles. The molecule has 0 bridgehead atoms. The van der Waals surface area contributed by atoms with E-state index in [1.807, 2.05) is 0 Å². The first kappa shape index (κ1) is 8.71. The van der Waals surface area contributed by atoms with E-state index in [9.17, 15) is 0 Å². The van der Waals surface area contributed by atoms with E-state index in [4.69, 9.17) is 0 Å². The number of rotatable bonds is 3. The van der Waals surface area contributed by atoms with Gasteiger partial charge in [0.05, 0.1) is 0 Å². The molecule has 0 saturated carbocycles. The first-order chi connectivity index (χ1) is 5.69. The fourth-order valence-corrected chi connectivity index (χ4v) is 0.871. The average molecular weight is 163 g/mol. The summed E-state index contributed by atoms with van der Waals surface area (Å²) in [6.07, 6.45) is 3.29. The van der Waals surface area contributed by atoms with Gasteiger partial charge < -0.3 is 0 Å². The maximum absolute atomic E-state index is 4.26. The van der Waals surface area contributed by atoms with Crippen LogP contribution in [0.5, 0.6) is 0 Å². The van der Waals surface area contributed by atoms with E-state index in [-0.39, 0.29) is 0 Å². The van der Waals surface area contributed by atoms with Gasteiger partial charge in [0, 0.05) is 12.1 Å². The van der Waals surface area contributed by atoms with Gasteiger partial charge in [0.2, 0.25) is 0 Å². The van der Waals surface area contributed by atoms with Crippen molar-refractivity contribution in [1.29, 1.82) is 0 Å². The summed E-state index contributed by atoms with van der Waals surface area (Å²) in [5.41, 5.74) is 0. The van der Waals surface area contributed by atoms with Crippen molar-refractivity contribution < 1.29 is 0 Å². The Morgan fingerprint density at radius 2 is 2.08 bits per heavy atom. The number of hydrogen-bond donors (Lipinski definition) is 0. The molecule has 1 aromatic rings. The lowest BCUT2D eigenvalue weighted by atomic mass is 10.2. The first-order valence-corrected chi connectivity index (χ1v) is 3.90. The van der Waals surface area contributed by atoms with Crippen LogP contribution >= 0.6 is 0 Å². The molecule has 1 heterocycles. The standard InChI is InChI=1S/C9H13N3/c1-5-8-10-9(7(3)4)11-12(8)6-2/h5-7H,1-2H2,3-4H3. The Kier molecular flexibility index (Phi) is 2.43. The zero-order chi connectivity index (χ0) is 9.14. The third kappa shape index (κ3) is 1.44. The highest BCUT2D eigenvalue weighted by Crippen LogP contribution is 2.10. The fraction of sp³-hybridized carbons (Fsp3) is 0.333. The molecule has 64 valence electrons. The monoisotopic (exact) mass is 163 g/mol. The van der Waals surface area contributed by atoms with Crippen LogP contribution in [0.1, 0.15) is 31.4 Å². The van der Waals surface area contributed by atoms with E-state index >= 15 is 0 Å². The minimum atomic E-state index is 0.338. The van der Waals surface area contributed by atoms with Gasteiger partial charge in [0.15, 0.2) is 11.6 Å². The Bertz CT molecular complexity index is 271. The highest BCUT2D eigenvalue weighted by atomic mass is 15.3. The van der Waals surface area contributed by atoms with Gasteiger partial charge in [-0.3, -0.25) is 0 Å². The molecule has 0 spiro atoms. The Balaban J connectivity index is 3.13. The van der Waals surface area contributed by atoms with Crippen LogP contribution in [0.2, 0.25) is 0 Å². The van der Waals surface area contributed by atoms with Crippen molar-refractivity contribution in [2.45, 2.75) is 19.8 Å². The quantitative estimate of drug-likeness (QED) is 0.683. The first-order valence-electron chi connectivity index (χ1n) is 3.90. The highest BCUT2D eigenvalue weighted by Gasteiger charge is 2.07. The van der Waals surface area contributed by atoms with Gasteiger partial charge in [0.1, 0.15) is 0 Å². The predicted molar refractivity (Wildman–Crippen MR) is 50.6 cm³/mol. The summed E-state index contributed by atoms with van der Waals surface area (Å²) >= 11 is 0. The van der Waals surface area contributed by atoms with E-state index in [1.54, 1.807) is 17.0 Å². The summed E-state index contributed by atoms with van der Waals surface area (Å²) in [5.74, 6) is 1.91. The van der Waals surface area contributed by atoms with Crippen molar-refractivity contribution in [1.82, 2.24) is 14.8 Å². The van der Waals surface area contributed by atoms with E-state index in [1.165, 1.54) is 0 Å². The molecule has 3 nitrogen and oxygen atoms in total. The summed E-state index contributed by atoms with van der Waals surface area (Å²) in [4.78, 5) is 4.26. The second kappa shape index (κ2) is 3.34. The van der Waals surface area contributed by atoms with Crippen molar-refractivity contribution in [2.24, 2.45) is 0 Å². The van der Waals surface area contributed by atoms with E-state index in [0.717, 1.165) is 11.6 Å². The van der Waals surface area contributed by atoms with Crippen LogP contribution in [0.15, 0.2) is 13.2 Å². The maximum atomic E-state index is 4.26. The summed E-state index contributed by atoms with van der Waals surface area (Å²) in [7, 11) is 0. The molecule has 0 N–H and O–H groups in total. The minimum Gasteiger partial charge on any atom is -0.222 e. The second-order valence-electron chi connectivity index (χ2n) is 2.81. The van der Waals surface area contributed by atoms with Crippen molar-refractivity contribution >= 4 is 12.3 Å². The lowest BCUT2D eigenvalue weighted by Crippen LogP contribution is -1.93. The molecule has 0 unspecified atom stereocenters. The molecule has 0 aliphatic rings. The molecule has 0 radical (unpaired) electrons. The molecule has 1 rings (SSSR count). The molecule has 3 heteroatoms. The Morgan fingerprint density at radius 1 is 1.42 bits per heavy atom. The van der Waals surface area contributed by atoms with Crippen LogP contribution < -0.4 is 0 Å². The number of hydrogen-bond acceptors (Lipinski definition) is 2. The van der Waals surface area contributed by atoms with Crippen LogP contribution in [0.3, 0.4) is 0 Å². The highest BCUT2D eigenvalue weighted by molar-refractivity contribution is 5.40. The van der Waals surface area contributed by atoms with Crippen LogP contribution in [-0.2, 0) is 0 Å². The van der Waals surface area contributed by atoms with Gasteiger partial charge in [-0.15, -0.1) is 0 Å². The van der Waals surface area contributed by atoms with Gasteiger partial charge in [-0.2, -0.15) is 5.10 Å². The van der Waals surface area contributed by atoms with Gasteiger partial charge in [-0.05, 0) is 6.08 Å². The lowest BCUT2D eigenvalue weighted by molar-refractivity contribution is 0.764. The topological polar surface area (TPSA) is 30.7 Å². The third-order valence-electron chi connectivity index (χ3n) is 1.55. The van der Waals surface area contributed by atoms with Gasteiger partial charge in [-0.1, -0.05) is 27.0 Å². The molecule has 0 atom stereocenters. The maximum Gasteiger partial charge on any atom is 0.154 e. The molecule has 0 aromatic carbocycles. The largest absolute Gasteiger partial charge is 0.222 e. The molecule has 12 heavy (non-hydrogen) atoms.